The topological polar surface area (TPSA) is 0 Å². The lowest BCUT2D eigenvalue weighted by atomic mass is 10.6. The van der Waals surface area contributed by atoms with Crippen LogP contribution in [0.25, 0.3) is 0 Å². The fraction of sp³-hybridized carbons (Fsp3) is 0.667. The van der Waals surface area contributed by atoms with E-state index in [0.717, 1.165) is 10.2 Å². The zero-order valence-electron chi connectivity index (χ0n) is 5.11. The van der Waals surface area contributed by atoms with Crippen molar-refractivity contribution in [2.24, 2.45) is 0 Å². The van der Waals surface area contributed by atoms with Crippen molar-refractivity contribution in [3.8, 4) is 0 Å². The van der Waals surface area contributed by atoms with Gasteiger partial charge in [-0.1, -0.05) is 29.4 Å². The van der Waals surface area contributed by atoms with Crippen LogP contribution in [0.15, 0.2) is 11.1 Å². The monoisotopic (exact) mass is 194 g/mol. The van der Waals surface area contributed by atoms with Gasteiger partial charge in [-0.15, -0.1) is 0 Å². The Kier molecular flexibility index (Phi) is 6.11. The lowest BCUT2D eigenvalue weighted by molar-refractivity contribution is 1.11. The lowest BCUT2D eigenvalue weighted by Gasteiger charge is -1.93. The molecule has 0 saturated carbocycles. The summed E-state index contributed by atoms with van der Waals surface area (Å²) in [6.45, 7) is 5.91. The van der Waals surface area contributed by atoms with Gasteiger partial charge in [0.25, 0.3) is 0 Å². The number of hydrogen-bond donors (Lipinski definition) is 0. The van der Waals surface area contributed by atoms with Gasteiger partial charge in [0.1, 0.15) is 0 Å². The highest BCUT2D eigenvalue weighted by atomic mass is 79.9. The summed E-state index contributed by atoms with van der Waals surface area (Å²) in [4.78, 5) is 0. The molecule has 0 aromatic heterocycles. The molecular formula is C6H11BrS. The molecule has 0 radical (unpaired) electrons. The number of hydrogen-bond acceptors (Lipinski definition) is 1. The molecule has 0 bridgehead atoms. The molecular weight excluding hydrogens is 184 g/mol. The van der Waals surface area contributed by atoms with E-state index in [1.165, 1.54) is 12.2 Å². The van der Waals surface area contributed by atoms with Crippen molar-refractivity contribution < 1.29 is 0 Å². The summed E-state index contributed by atoms with van der Waals surface area (Å²) in [6, 6.07) is 0. The summed E-state index contributed by atoms with van der Waals surface area (Å²) >= 11 is 5.20. The van der Waals surface area contributed by atoms with Crippen molar-refractivity contribution in [2.45, 2.75) is 13.3 Å². The summed E-state index contributed by atoms with van der Waals surface area (Å²) in [6.07, 6.45) is 1.25. The van der Waals surface area contributed by atoms with Gasteiger partial charge in [0, 0.05) is 5.75 Å². The van der Waals surface area contributed by atoms with Gasteiger partial charge in [-0.05, 0) is 16.7 Å². The normalized spacial score (nSPS) is 9.25. The van der Waals surface area contributed by atoms with E-state index in [1.807, 2.05) is 11.8 Å². The third kappa shape index (κ3) is 6.57. The van der Waals surface area contributed by atoms with Crippen LogP contribution in [-0.2, 0) is 0 Å². The average molecular weight is 195 g/mol. The largest absolute Gasteiger partial charge is 0.157 e. The molecule has 0 amide bonds. The Balaban J connectivity index is 2.82. The number of rotatable bonds is 4. The Morgan fingerprint density at radius 1 is 1.75 bits per heavy atom. The van der Waals surface area contributed by atoms with Gasteiger partial charge in [-0.3, -0.25) is 0 Å². The zero-order valence-corrected chi connectivity index (χ0v) is 7.52. The summed E-state index contributed by atoms with van der Waals surface area (Å²) in [5.74, 6) is 2.29. The Bertz CT molecular complexity index is 70.9. The molecule has 0 aliphatic rings. The van der Waals surface area contributed by atoms with Crippen LogP contribution < -0.4 is 0 Å². The second-order valence-electron chi connectivity index (χ2n) is 1.57. The highest BCUT2D eigenvalue weighted by molar-refractivity contribution is 9.11. The highest BCUT2D eigenvalue weighted by Crippen LogP contribution is 2.11. The Labute approximate surface area is 63.9 Å². The molecule has 0 aliphatic carbocycles. The molecule has 0 saturated heterocycles. The van der Waals surface area contributed by atoms with Crippen LogP contribution in [0.3, 0.4) is 0 Å². The Morgan fingerprint density at radius 3 is 2.75 bits per heavy atom. The van der Waals surface area contributed by atoms with Crippen molar-refractivity contribution in [3.05, 3.63) is 11.1 Å². The Hall–Kier alpha value is 0.570. The summed E-state index contributed by atoms with van der Waals surface area (Å²) in [5.41, 5.74) is 0. The van der Waals surface area contributed by atoms with Crippen LogP contribution in [0.5, 0.6) is 0 Å². The van der Waals surface area contributed by atoms with Crippen molar-refractivity contribution in [1.29, 1.82) is 0 Å². The second kappa shape index (κ2) is 5.70. The van der Waals surface area contributed by atoms with Crippen molar-refractivity contribution >= 4 is 27.7 Å². The third-order valence-electron chi connectivity index (χ3n) is 0.607. The summed E-state index contributed by atoms with van der Waals surface area (Å²) in [5, 5.41) is 0. The highest BCUT2D eigenvalue weighted by Gasteiger charge is 1.85. The molecule has 0 aromatic rings. The molecule has 0 aromatic carbocycles. The van der Waals surface area contributed by atoms with Gasteiger partial charge in [-0.25, -0.2) is 0 Å². The van der Waals surface area contributed by atoms with Gasteiger partial charge in [0.2, 0.25) is 0 Å². The smallest absolute Gasteiger partial charge is 0.0244 e. The van der Waals surface area contributed by atoms with Crippen LogP contribution in [0.2, 0.25) is 0 Å². The van der Waals surface area contributed by atoms with E-state index in [-0.39, 0.29) is 0 Å². The van der Waals surface area contributed by atoms with E-state index in [9.17, 15) is 0 Å². The standard InChI is InChI=1S/C6H11BrS/c1-3-4-8-5-6(2)7/h2-5H2,1H3. The SMILES string of the molecule is C=C(Br)CSCCC. The van der Waals surface area contributed by atoms with Gasteiger partial charge in [-0.2, -0.15) is 11.8 Å². The van der Waals surface area contributed by atoms with Crippen LogP contribution in [0.1, 0.15) is 13.3 Å². The minimum Gasteiger partial charge on any atom is -0.157 e. The molecule has 0 unspecified atom stereocenters. The minimum absolute atomic E-state index is 1.05. The first kappa shape index (κ1) is 8.57. The lowest BCUT2D eigenvalue weighted by Crippen LogP contribution is -1.77. The molecule has 0 N–H and O–H groups in total. The van der Waals surface area contributed by atoms with Crippen LogP contribution in [0, 0.1) is 0 Å². The minimum atomic E-state index is 1.05. The maximum atomic E-state index is 3.72. The fourth-order valence-electron chi connectivity index (χ4n) is 0.327. The van der Waals surface area contributed by atoms with Crippen LogP contribution in [-0.4, -0.2) is 11.5 Å². The number of thioether (sulfide) groups is 1. The molecule has 2 heteroatoms. The van der Waals surface area contributed by atoms with E-state index in [4.69, 9.17) is 0 Å². The van der Waals surface area contributed by atoms with E-state index < -0.39 is 0 Å². The zero-order chi connectivity index (χ0) is 6.41. The molecule has 0 rings (SSSR count). The van der Waals surface area contributed by atoms with Crippen LogP contribution >= 0.6 is 27.7 Å². The summed E-state index contributed by atoms with van der Waals surface area (Å²) in [7, 11) is 0. The maximum Gasteiger partial charge on any atom is 0.0244 e. The molecule has 8 heavy (non-hydrogen) atoms. The molecule has 0 aliphatic heterocycles. The predicted octanol–water partition coefficient (Wildman–Crippen LogP) is 3.04. The first-order valence-electron chi connectivity index (χ1n) is 2.68. The van der Waals surface area contributed by atoms with E-state index in [2.05, 4.69) is 29.4 Å². The molecule has 0 spiro atoms. The fourth-order valence-corrected chi connectivity index (χ4v) is 1.47. The van der Waals surface area contributed by atoms with Gasteiger partial charge in [0.05, 0.1) is 0 Å². The predicted molar refractivity (Wildman–Crippen MR) is 45.7 cm³/mol. The third-order valence-corrected chi connectivity index (χ3v) is 2.51. The van der Waals surface area contributed by atoms with Gasteiger partial charge >= 0.3 is 0 Å². The average Bonchev–Trinajstić information content (AvgIpc) is 1.66. The Morgan fingerprint density at radius 2 is 2.38 bits per heavy atom. The van der Waals surface area contributed by atoms with Crippen LogP contribution in [0.4, 0.5) is 0 Å². The molecule has 48 valence electrons. The van der Waals surface area contributed by atoms with E-state index in [0.29, 0.717) is 0 Å². The molecule has 0 nitrogen and oxygen atoms in total. The van der Waals surface area contributed by atoms with Crippen molar-refractivity contribution in [3.63, 3.8) is 0 Å². The summed E-state index contributed by atoms with van der Waals surface area (Å²) < 4.78 is 1.09. The maximum absolute atomic E-state index is 3.72. The second-order valence-corrected chi connectivity index (χ2v) is 3.80. The first-order valence-corrected chi connectivity index (χ1v) is 4.63. The van der Waals surface area contributed by atoms with Gasteiger partial charge in [0.15, 0.2) is 0 Å². The first-order chi connectivity index (χ1) is 3.77. The van der Waals surface area contributed by atoms with Crippen molar-refractivity contribution in [1.82, 2.24) is 0 Å². The molecule has 0 atom stereocenters. The molecule has 0 heterocycles. The quantitative estimate of drug-likeness (QED) is 0.621. The van der Waals surface area contributed by atoms with Crippen molar-refractivity contribution in [2.75, 3.05) is 11.5 Å². The van der Waals surface area contributed by atoms with E-state index >= 15 is 0 Å². The van der Waals surface area contributed by atoms with Gasteiger partial charge < -0.3 is 0 Å². The molecule has 0 fully saturated rings. The van der Waals surface area contributed by atoms with E-state index in [1.54, 1.807) is 0 Å². The number of halogens is 1.